The number of benzene rings is 2. The molecule has 34 heavy (non-hydrogen) atoms. The Kier molecular flexibility index (Phi) is 7.96. The van der Waals surface area contributed by atoms with Gasteiger partial charge in [0.25, 0.3) is 0 Å². The molecule has 0 saturated carbocycles. The van der Waals surface area contributed by atoms with E-state index in [9.17, 15) is 4.79 Å². The third kappa shape index (κ3) is 6.20. The van der Waals surface area contributed by atoms with Crippen LogP contribution in [0, 0.1) is 0 Å². The van der Waals surface area contributed by atoms with Gasteiger partial charge in [-0.25, -0.2) is 9.19 Å². The summed E-state index contributed by atoms with van der Waals surface area (Å²) in [6, 6.07) is 18.1. The Bertz CT molecular complexity index is 959. The van der Waals surface area contributed by atoms with Crippen molar-refractivity contribution in [2.24, 2.45) is 4.40 Å². The number of hydrogen-bond acceptors (Lipinski definition) is 6. The van der Waals surface area contributed by atoms with Crippen molar-refractivity contribution in [1.29, 1.82) is 0 Å². The Morgan fingerprint density at radius 2 is 1.65 bits per heavy atom. The average molecular weight is 482 g/mol. The van der Waals surface area contributed by atoms with E-state index in [0.717, 1.165) is 44.7 Å². The van der Waals surface area contributed by atoms with Gasteiger partial charge in [-0.3, -0.25) is 4.90 Å². The van der Waals surface area contributed by atoms with Gasteiger partial charge >= 0.3 is 6.09 Å². The van der Waals surface area contributed by atoms with Crippen molar-refractivity contribution in [3.05, 3.63) is 65.7 Å². The van der Waals surface area contributed by atoms with Gasteiger partial charge in [0, 0.05) is 50.4 Å². The second-order valence-electron chi connectivity index (χ2n) is 9.86. The first-order valence-corrected chi connectivity index (χ1v) is 12.8. The van der Waals surface area contributed by atoms with Crippen LogP contribution in [0.4, 0.5) is 4.79 Å². The second-order valence-corrected chi connectivity index (χ2v) is 11.5. The summed E-state index contributed by atoms with van der Waals surface area (Å²) >= 11 is 1.59. The van der Waals surface area contributed by atoms with Gasteiger partial charge < -0.3 is 14.4 Å². The Hall–Kier alpha value is -2.35. The third-order valence-corrected chi connectivity index (χ3v) is 7.15. The maximum atomic E-state index is 12.6. The highest BCUT2D eigenvalue weighted by molar-refractivity contribution is 7.99. The second kappa shape index (κ2) is 10.9. The molecule has 2 aromatic rings. The summed E-state index contributed by atoms with van der Waals surface area (Å²) in [6.45, 7) is 10.9. The molecule has 0 bridgehead atoms. The van der Waals surface area contributed by atoms with Crippen LogP contribution < -0.4 is 4.74 Å². The number of para-hydroxylation sites is 1. The van der Waals surface area contributed by atoms with Gasteiger partial charge in [-0.1, -0.05) is 42.5 Å². The summed E-state index contributed by atoms with van der Waals surface area (Å²) in [5, 5.41) is 0. The summed E-state index contributed by atoms with van der Waals surface area (Å²) < 4.78 is 15.9. The van der Waals surface area contributed by atoms with Gasteiger partial charge in [-0.15, -0.1) is 0 Å². The minimum atomic E-state index is -0.274. The summed E-state index contributed by atoms with van der Waals surface area (Å²) in [4.78, 5) is 17.0. The molecule has 0 aliphatic carbocycles. The molecular formula is C27H35N3O3S. The van der Waals surface area contributed by atoms with E-state index in [-0.39, 0.29) is 16.4 Å². The van der Waals surface area contributed by atoms with Crippen molar-refractivity contribution < 1.29 is 14.3 Å². The molecule has 0 aromatic heterocycles. The summed E-state index contributed by atoms with van der Waals surface area (Å²) in [6.07, 6.45) is 3.57. The predicted octanol–water partition coefficient (Wildman–Crippen LogP) is 5.37. The zero-order valence-corrected chi connectivity index (χ0v) is 21.2. The lowest BCUT2D eigenvalue weighted by atomic mass is 9.80. The minimum Gasteiger partial charge on any atom is -0.410 e. The standard InChI is InChI=1S/C27H35N3O3S/c1-26(2,3)34-28-21-22-9-11-23(12-10-22)27(13-19-32-20-14-27)30-17-15-29(16-18-30)25(31)33-24-7-5-4-6-8-24/h4-12,21H,13-20H2,1-3H3/b28-21+. The lowest BCUT2D eigenvalue weighted by Crippen LogP contribution is -2.58. The molecule has 182 valence electrons. The van der Waals surface area contributed by atoms with Crippen LogP contribution in [-0.2, 0) is 10.3 Å². The van der Waals surface area contributed by atoms with Gasteiger partial charge in [0.15, 0.2) is 0 Å². The Morgan fingerprint density at radius 3 is 2.26 bits per heavy atom. The van der Waals surface area contributed by atoms with E-state index >= 15 is 0 Å². The maximum absolute atomic E-state index is 12.6. The fraction of sp³-hybridized carbons (Fsp3) is 0.481. The van der Waals surface area contributed by atoms with E-state index in [0.29, 0.717) is 18.8 Å². The highest BCUT2D eigenvalue weighted by atomic mass is 32.2. The highest BCUT2D eigenvalue weighted by Crippen LogP contribution is 2.39. The number of rotatable bonds is 5. The van der Waals surface area contributed by atoms with Gasteiger partial charge in [0.1, 0.15) is 5.75 Å². The smallest absolute Gasteiger partial charge is 0.410 e. The fourth-order valence-corrected chi connectivity index (χ4v) is 5.08. The van der Waals surface area contributed by atoms with Crippen molar-refractivity contribution >= 4 is 24.3 Å². The molecule has 2 fully saturated rings. The molecule has 2 aliphatic heterocycles. The molecule has 0 spiro atoms. The van der Waals surface area contributed by atoms with Crippen LogP contribution in [0.15, 0.2) is 59.0 Å². The SMILES string of the molecule is CC(C)(C)S/N=C/c1ccc(C2(N3CCN(C(=O)Oc4ccccc4)CC3)CCOCC2)cc1. The zero-order chi connectivity index (χ0) is 24.0. The molecule has 2 aliphatic rings. The van der Waals surface area contributed by atoms with Crippen molar-refractivity contribution in [3.8, 4) is 5.75 Å². The molecule has 0 unspecified atom stereocenters. The Labute approximate surface area is 207 Å². The Morgan fingerprint density at radius 1 is 1.00 bits per heavy atom. The van der Waals surface area contributed by atoms with Crippen LogP contribution in [0.5, 0.6) is 5.75 Å². The molecule has 0 radical (unpaired) electrons. The fourth-order valence-electron chi connectivity index (χ4n) is 4.59. The zero-order valence-electron chi connectivity index (χ0n) is 20.4. The predicted molar refractivity (Wildman–Crippen MR) is 139 cm³/mol. The maximum Gasteiger partial charge on any atom is 0.415 e. The number of carbonyl (C=O) groups excluding carboxylic acids is 1. The van der Waals surface area contributed by atoms with Gasteiger partial charge in [0.2, 0.25) is 0 Å². The van der Waals surface area contributed by atoms with E-state index in [1.54, 1.807) is 24.1 Å². The molecular weight excluding hydrogens is 446 g/mol. The first kappa shape index (κ1) is 24.8. The lowest BCUT2D eigenvalue weighted by Gasteiger charge is -2.49. The minimum absolute atomic E-state index is 0.0660. The van der Waals surface area contributed by atoms with Gasteiger partial charge in [-0.05, 0) is 68.8 Å². The molecule has 1 amide bonds. The molecule has 2 aromatic carbocycles. The van der Waals surface area contributed by atoms with Gasteiger partial charge in [0.05, 0.1) is 5.54 Å². The summed E-state index contributed by atoms with van der Waals surface area (Å²) in [5.41, 5.74) is 2.36. The average Bonchev–Trinajstić information content (AvgIpc) is 2.85. The number of ether oxygens (including phenoxy) is 2. The van der Waals surface area contributed by atoms with Crippen LogP contribution in [-0.4, -0.2) is 66.2 Å². The molecule has 0 atom stereocenters. The first-order chi connectivity index (χ1) is 16.4. The quantitative estimate of drug-likeness (QED) is 0.424. The lowest BCUT2D eigenvalue weighted by molar-refractivity contribution is -0.0483. The summed E-state index contributed by atoms with van der Waals surface area (Å²) in [7, 11) is 0. The van der Waals surface area contributed by atoms with E-state index < -0.39 is 0 Å². The van der Waals surface area contributed by atoms with Crippen molar-refractivity contribution in [1.82, 2.24) is 9.80 Å². The number of hydrogen-bond donors (Lipinski definition) is 0. The van der Waals surface area contributed by atoms with E-state index in [4.69, 9.17) is 9.47 Å². The molecule has 2 heterocycles. The van der Waals surface area contributed by atoms with Crippen molar-refractivity contribution in [2.45, 2.75) is 43.9 Å². The van der Waals surface area contributed by atoms with E-state index in [2.05, 4.69) is 54.3 Å². The summed E-state index contributed by atoms with van der Waals surface area (Å²) in [5.74, 6) is 0.584. The molecule has 6 nitrogen and oxygen atoms in total. The monoisotopic (exact) mass is 481 g/mol. The normalized spacial score (nSPS) is 19.3. The van der Waals surface area contributed by atoms with Crippen molar-refractivity contribution in [2.75, 3.05) is 39.4 Å². The van der Waals surface area contributed by atoms with Crippen LogP contribution in [0.2, 0.25) is 0 Å². The van der Waals surface area contributed by atoms with E-state index in [1.807, 2.05) is 29.3 Å². The van der Waals surface area contributed by atoms with Crippen LogP contribution in [0.3, 0.4) is 0 Å². The largest absolute Gasteiger partial charge is 0.415 e. The van der Waals surface area contributed by atoms with Crippen LogP contribution >= 0.6 is 11.9 Å². The third-order valence-electron chi connectivity index (χ3n) is 6.39. The van der Waals surface area contributed by atoms with Crippen LogP contribution in [0.1, 0.15) is 44.7 Å². The molecule has 2 saturated heterocycles. The van der Waals surface area contributed by atoms with E-state index in [1.165, 1.54) is 5.56 Å². The number of amides is 1. The Balaban J connectivity index is 1.42. The number of piperazine rings is 1. The topological polar surface area (TPSA) is 54.4 Å². The molecule has 0 N–H and O–H groups in total. The number of nitrogens with zero attached hydrogens (tertiary/aromatic N) is 3. The van der Waals surface area contributed by atoms with Crippen molar-refractivity contribution in [3.63, 3.8) is 0 Å². The highest BCUT2D eigenvalue weighted by Gasteiger charge is 2.41. The van der Waals surface area contributed by atoms with Gasteiger partial charge in [-0.2, -0.15) is 0 Å². The van der Waals surface area contributed by atoms with Crippen LogP contribution in [0.25, 0.3) is 0 Å². The first-order valence-electron chi connectivity index (χ1n) is 12.0. The molecule has 4 rings (SSSR count). The number of carbonyl (C=O) groups is 1. The molecule has 7 heteroatoms.